The summed E-state index contributed by atoms with van der Waals surface area (Å²) in [5, 5.41) is 3.14. The predicted molar refractivity (Wildman–Crippen MR) is 131 cm³/mol. The first-order chi connectivity index (χ1) is 15.7. The highest BCUT2D eigenvalue weighted by Crippen LogP contribution is 2.26. The van der Waals surface area contributed by atoms with Gasteiger partial charge in [0, 0.05) is 18.7 Å². The maximum Gasteiger partial charge on any atom is 0.252 e. The zero-order valence-electron chi connectivity index (χ0n) is 20.1. The van der Waals surface area contributed by atoms with E-state index in [2.05, 4.69) is 19.2 Å². The topological polar surface area (TPSA) is 75.7 Å². The Bertz CT molecular complexity index is 1040. The first-order valence-corrected chi connectivity index (χ1v) is 13.2. The molecule has 2 aromatic rings. The number of hydrogen-bond acceptors (Lipinski definition) is 4. The molecule has 33 heavy (non-hydrogen) atoms. The van der Waals surface area contributed by atoms with Gasteiger partial charge in [-0.15, -0.1) is 0 Å². The van der Waals surface area contributed by atoms with Gasteiger partial charge >= 0.3 is 0 Å². The molecule has 0 unspecified atom stereocenters. The van der Waals surface area contributed by atoms with E-state index in [0.29, 0.717) is 24.6 Å². The molecule has 2 aromatic carbocycles. The molecule has 7 heteroatoms. The van der Waals surface area contributed by atoms with Crippen LogP contribution in [0.2, 0.25) is 0 Å². The van der Waals surface area contributed by atoms with Crippen LogP contribution >= 0.6 is 0 Å². The fourth-order valence-corrected chi connectivity index (χ4v) is 5.80. The molecule has 1 heterocycles. The highest BCUT2D eigenvalue weighted by atomic mass is 32.2. The maximum absolute atomic E-state index is 13.3. The molecule has 0 aliphatic carbocycles. The van der Waals surface area contributed by atoms with Crippen LogP contribution in [0.5, 0.6) is 5.75 Å². The van der Waals surface area contributed by atoms with Crippen LogP contribution in [0.25, 0.3) is 0 Å². The van der Waals surface area contributed by atoms with Gasteiger partial charge in [-0.05, 0) is 67.5 Å². The molecule has 3 rings (SSSR count). The molecule has 180 valence electrons. The summed E-state index contributed by atoms with van der Waals surface area (Å²) in [4.78, 5) is 13.5. The van der Waals surface area contributed by atoms with Gasteiger partial charge in [0.2, 0.25) is 10.0 Å². The van der Waals surface area contributed by atoms with Gasteiger partial charge in [-0.1, -0.05) is 44.9 Å². The summed E-state index contributed by atoms with van der Waals surface area (Å²) < 4.78 is 33.3. The molecule has 1 aliphatic heterocycles. The van der Waals surface area contributed by atoms with Crippen molar-refractivity contribution in [2.45, 2.75) is 63.8 Å². The van der Waals surface area contributed by atoms with Crippen molar-refractivity contribution in [2.24, 2.45) is 5.92 Å². The number of hydrogen-bond donors (Lipinski definition) is 1. The molecular weight excluding hydrogens is 436 g/mol. The van der Waals surface area contributed by atoms with Crippen molar-refractivity contribution in [3.8, 4) is 5.75 Å². The molecular formula is C26H36N2O4S. The molecule has 1 amide bonds. The quantitative estimate of drug-likeness (QED) is 0.581. The molecule has 0 saturated carbocycles. The number of aryl methyl sites for hydroxylation is 1. The van der Waals surface area contributed by atoms with E-state index in [4.69, 9.17) is 4.74 Å². The summed E-state index contributed by atoms with van der Waals surface area (Å²) in [5.41, 5.74) is 2.14. The van der Waals surface area contributed by atoms with Gasteiger partial charge < -0.3 is 10.1 Å². The third-order valence-electron chi connectivity index (χ3n) is 6.19. The van der Waals surface area contributed by atoms with E-state index in [1.807, 2.05) is 31.2 Å². The van der Waals surface area contributed by atoms with Crippen LogP contribution < -0.4 is 10.1 Å². The standard InChI is InChI=1S/C26H36N2O4S/c1-19(2)17-25(21-10-12-22(32-4)13-11-21)27-26(29)24-18-23(14-9-20(24)3)33(30,31)28-15-7-5-6-8-16-28/h9-14,18-19,25H,5-8,15-17H2,1-4H3,(H,27,29)/t25-/m0/s1. The number of nitrogens with one attached hydrogen (secondary N) is 1. The van der Waals surface area contributed by atoms with Crippen molar-refractivity contribution in [1.29, 1.82) is 0 Å². The number of rotatable bonds is 8. The monoisotopic (exact) mass is 472 g/mol. The van der Waals surface area contributed by atoms with Crippen molar-refractivity contribution in [1.82, 2.24) is 9.62 Å². The van der Waals surface area contributed by atoms with E-state index in [9.17, 15) is 13.2 Å². The second-order valence-electron chi connectivity index (χ2n) is 9.22. The van der Waals surface area contributed by atoms with Crippen LogP contribution in [0.15, 0.2) is 47.4 Å². The number of carbonyl (C=O) groups is 1. The summed E-state index contributed by atoms with van der Waals surface area (Å²) >= 11 is 0. The second kappa shape index (κ2) is 11.2. The first-order valence-electron chi connectivity index (χ1n) is 11.8. The van der Waals surface area contributed by atoms with Gasteiger partial charge in [0.05, 0.1) is 18.0 Å². The minimum absolute atomic E-state index is 0.185. The smallest absolute Gasteiger partial charge is 0.252 e. The molecule has 0 aromatic heterocycles. The molecule has 0 radical (unpaired) electrons. The van der Waals surface area contributed by atoms with Crippen molar-refractivity contribution in [2.75, 3.05) is 20.2 Å². The van der Waals surface area contributed by atoms with Crippen LogP contribution in [0.1, 0.15) is 73.5 Å². The van der Waals surface area contributed by atoms with Gasteiger partial charge in [0.25, 0.3) is 5.91 Å². The SMILES string of the molecule is COc1ccc([C@H](CC(C)C)NC(=O)c2cc(S(=O)(=O)N3CCCCCC3)ccc2C)cc1. The zero-order valence-corrected chi connectivity index (χ0v) is 21.0. The number of ether oxygens (including phenoxy) is 1. The molecule has 0 bridgehead atoms. The summed E-state index contributed by atoms with van der Waals surface area (Å²) in [5.74, 6) is 0.866. The Labute approximate surface area is 198 Å². The van der Waals surface area contributed by atoms with Gasteiger partial charge in [-0.25, -0.2) is 8.42 Å². The third kappa shape index (κ3) is 6.36. The minimum atomic E-state index is -3.63. The van der Waals surface area contributed by atoms with E-state index in [1.165, 1.54) is 6.07 Å². The van der Waals surface area contributed by atoms with Crippen LogP contribution in [-0.2, 0) is 10.0 Å². The van der Waals surface area contributed by atoms with E-state index < -0.39 is 10.0 Å². The summed E-state index contributed by atoms with van der Waals surface area (Å²) in [6, 6.07) is 12.4. The molecule has 1 N–H and O–H groups in total. The van der Waals surface area contributed by atoms with Gasteiger partial charge in [0.15, 0.2) is 0 Å². The highest BCUT2D eigenvalue weighted by molar-refractivity contribution is 7.89. The Morgan fingerprint density at radius 2 is 1.67 bits per heavy atom. The normalized spacial score (nSPS) is 16.3. The van der Waals surface area contributed by atoms with E-state index in [0.717, 1.165) is 49.0 Å². The molecule has 6 nitrogen and oxygen atoms in total. The predicted octanol–water partition coefficient (Wildman–Crippen LogP) is 5.09. The number of nitrogens with zero attached hydrogens (tertiary/aromatic N) is 1. The van der Waals surface area contributed by atoms with E-state index in [1.54, 1.807) is 23.5 Å². The van der Waals surface area contributed by atoms with E-state index in [-0.39, 0.29) is 16.8 Å². The Hall–Kier alpha value is -2.38. The van der Waals surface area contributed by atoms with Crippen LogP contribution in [0.3, 0.4) is 0 Å². The highest BCUT2D eigenvalue weighted by Gasteiger charge is 2.27. The Kier molecular flexibility index (Phi) is 8.54. The number of carbonyl (C=O) groups excluding carboxylic acids is 1. The Morgan fingerprint density at radius 3 is 2.24 bits per heavy atom. The maximum atomic E-state index is 13.3. The van der Waals surface area contributed by atoms with Crippen LogP contribution in [0.4, 0.5) is 0 Å². The summed E-state index contributed by atoms with van der Waals surface area (Å²) in [7, 11) is -2.00. The Morgan fingerprint density at radius 1 is 1.03 bits per heavy atom. The zero-order chi connectivity index (χ0) is 24.0. The van der Waals surface area contributed by atoms with Crippen molar-refractivity contribution in [3.05, 3.63) is 59.2 Å². The van der Waals surface area contributed by atoms with Crippen molar-refractivity contribution >= 4 is 15.9 Å². The lowest BCUT2D eigenvalue weighted by Gasteiger charge is -2.23. The number of methoxy groups -OCH3 is 1. The lowest BCUT2D eigenvalue weighted by atomic mass is 9.96. The molecule has 0 spiro atoms. The van der Waals surface area contributed by atoms with Gasteiger partial charge in [-0.3, -0.25) is 4.79 Å². The molecule has 1 atom stereocenters. The van der Waals surface area contributed by atoms with Gasteiger partial charge in [0.1, 0.15) is 5.75 Å². The van der Waals surface area contributed by atoms with Crippen molar-refractivity contribution in [3.63, 3.8) is 0 Å². The number of benzene rings is 2. The van der Waals surface area contributed by atoms with Crippen LogP contribution in [0, 0.1) is 12.8 Å². The second-order valence-corrected chi connectivity index (χ2v) is 11.2. The molecule has 1 fully saturated rings. The summed E-state index contributed by atoms with van der Waals surface area (Å²) in [6.07, 6.45) is 4.61. The summed E-state index contributed by atoms with van der Waals surface area (Å²) in [6.45, 7) is 7.13. The average molecular weight is 473 g/mol. The van der Waals surface area contributed by atoms with E-state index >= 15 is 0 Å². The minimum Gasteiger partial charge on any atom is -0.497 e. The molecule has 1 aliphatic rings. The van der Waals surface area contributed by atoms with Gasteiger partial charge in [-0.2, -0.15) is 4.31 Å². The average Bonchev–Trinajstić information content (AvgIpc) is 3.09. The first kappa shape index (κ1) is 25.2. The Balaban J connectivity index is 1.86. The van der Waals surface area contributed by atoms with Crippen LogP contribution in [-0.4, -0.2) is 38.8 Å². The third-order valence-corrected chi connectivity index (χ3v) is 8.08. The largest absolute Gasteiger partial charge is 0.497 e. The lowest BCUT2D eigenvalue weighted by molar-refractivity contribution is 0.0931. The number of sulfonamides is 1. The van der Waals surface area contributed by atoms with Crippen molar-refractivity contribution < 1.29 is 17.9 Å². The fourth-order valence-electron chi connectivity index (χ4n) is 4.26. The number of amides is 1. The molecule has 1 saturated heterocycles. The lowest BCUT2D eigenvalue weighted by Crippen LogP contribution is -2.33. The fraction of sp³-hybridized carbons (Fsp3) is 0.500.